The monoisotopic (exact) mass is 310 g/mol. The summed E-state index contributed by atoms with van der Waals surface area (Å²) in [6.45, 7) is 1.22. The molecule has 2 saturated heterocycles. The summed E-state index contributed by atoms with van der Waals surface area (Å²) in [5.74, 6) is 0.00284. The second kappa shape index (κ2) is 5.67. The van der Waals surface area contributed by atoms with Gasteiger partial charge in [0.2, 0.25) is 10.0 Å². The Kier molecular flexibility index (Phi) is 4.54. The lowest BCUT2D eigenvalue weighted by Gasteiger charge is -2.30. The molecule has 2 aliphatic heterocycles. The van der Waals surface area contributed by atoms with Gasteiger partial charge in [0.25, 0.3) is 0 Å². The van der Waals surface area contributed by atoms with E-state index in [1.165, 1.54) is 0 Å². The zero-order valence-electron chi connectivity index (χ0n) is 11.2. The molecule has 1 unspecified atom stereocenters. The first-order valence-electron chi connectivity index (χ1n) is 6.72. The Morgan fingerprint density at radius 3 is 2.42 bits per heavy atom. The minimum Gasteiger partial charge on any atom is -0.318 e. The van der Waals surface area contributed by atoms with Crippen LogP contribution in [0.25, 0.3) is 0 Å². The van der Waals surface area contributed by atoms with E-state index in [4.69, 9.17) is 0 Å². The Balaban J connectivity index is 2.10. The normalized spacial score (nSPS) is 29.6. The van der Waals surface area contributed by atoms with Crippen LogP contribution in [0.4, 0.5) is 0 Å². The van der Waals surface area contributed by atoms with E-state index in [2.05, 4.69) is 5.32 Å². The molecule has 0 aromatic heterocycles. The van der Waals surface area contributed by atoms with Gasteiger partial charge >= 0.3 is 0 Å². The van der Waals surface area contributed by atoms with Crippen molar-refractivity contribution in [2.24, 2.45) is 0 Å². The standard InChI is InChI=1S/C11H22N2O4S2/c1-12-9-10-3-2-6-13(10)19(16,17)11-4-7-18(14,15)8-5-11/h10-12H,2-9H2,1H3. The first-order chi connectivity index (χ1) is 8.87. The van der Waals surface area contributed by atoms with Crippen molar-refractivity contribution in [1.29, 1.82) is 0 Å². The van der Waals surface area contributed by atoms with Gasteiger partial charge in [-0.3, -0.25) is 0 Å². The van der Waals surface area contributed by atoms with Crippen molar-refractivity contribution in [1.82, 2.24) is 9.62 Å². The first kappa shape index (κ1) is 15.2. The van der Waals surface area contributed by atoms with E-state index >= 15 is 0 Å². The molecular formula is C11H22N2O4S2. The van der Waals surface area contributed by atoms with Gasteiger partial charge < -0.3 is 5.32 Å². The molecule has 0 aliphatic carbocycles. The summed E-state index contributed by atoms with van der Waals surface area (Å²) < 4.78 is 49.5. The minimum atomic E-state index is -3.35. The van der Waals surface area contributed by atoms with Gasteiger partial charge in [-0.1, -0.05) is 0 Å². The summed E-state index contributed by atoms with van der Waals surface area (Å²) in [5.41, 5.74) is 0. The highest BCUT2D eigenvalue weighted by Gasteiger charge is 2.41. The van der Waals surface area contributed by atoms with Gasteiger partial charge in [0.15, 0.2) is 0 Å². The highest BCUT2D eigenvalue weighted by molar-refractivity contribution is 7.92. The van der Waals surface area contributed by atoms with Crippen molar-refractivity contribution in [3.05, 3.63) is 0 Å². The molecule has 2 rings (SSSR count). The van der Waals surface area contributed by atoms with Crippen LogP contribution in [0.15, 0.2) is 0 Å². The summed E-state index contributed by atoms with van der Waals surface area (Å²) in [5, 5.41) is 2.51. The van der Waals surface area contributed by atoms with Crippen LogP contribution >= 0.6 is 0 Å². The highest BCUT2D eigenvalue weighted by atomic mass is 32.2. The Bertz CT molecular complexity index is 501. The van der Waals surface area contributed by atoms with E-state index in [0.29, 0.717) is 13.1 Å². The fourth-order valence-electron chi connectivity index (χ4n) is 2.94. The topological polar surface area (TPSA) is 83.6 Å². The lowest BCUT2D eigenvalue weighted by Crippen LogP contribution is -2.47. The largest absolute Gasteiger partial charge is 0.318 e. The fraction of sp³-hybridized carbons (Fsp3) is 1.00. The smallest absolute Gasteiger partial charge is 0.217 e. The SMILES string of the molecule is CNCC1CCCN1S(=O)(=O)C1CCS(=O)(=O)CC1. The molecule has 19 heavy (non-hydrogen) atoms. The molecule has 2 aliphatic rings. The van der Waals surface area contributed by atoms with E-state index in [1.54, 1.807) is 4.31 Å². The van der Waals surface area contributed by atoms with Crippen LogP contribution in [-0.4, -0.2) is 64.1 Å². The summed E-state index contributed by atoms with van der Waals surface area (Å²) >= 11 is 0. The summed E-state index contributed by atoms with van der Waals surface area (Å²) in [6.07, 6.45) is 2.25. The van der Waals surface area contributed by atoms with Crippen molar-refractivity contribution in [2.75, 3.05) is 31.6 Å². The van der Waals surface area contributed by atoms with Crippen LogP contribution in [0.2, 0.25) is 0 Å². The summed E-state index contributed by atoms with van der Waals surface area (Å²) in [4.78, 5) is 0. The van der Waals surface area contributed by atoms with Gasteiger partial charge in [-0.15, -0.1) is 0 Å². The number of hydrogen-bond donors (Lipinski definition) is 1. The van der Waals surface area contributed by atoms with Gasteiger partial charge in [0.1, 0.15) is 9.84 Å². The van der Waals surface area contributed by atoms with Crippen LogP contribution in [0.1, 0.15) is 25.7 Å². The van der Waals surface area contributed by atoms with Crippen molar-refractivity contribution in [3.63, 3.8) is 0 Å². The Morgan fingerprint density at radius 2 is 1.84 bits per heavy atom. The molecule has 0 radical (unpaired) electrons. The predicted octanol–water partition coefficient (Wildman–Crippen LogP) is -0.423. The van der Waals surface area contributed by atoms with Crippen LogP contribution in [0.3, 0.4) is 0 Å². The van der Waals surface area contributed by atoms with E-state index < -0.39 is 25.1 Å². The Hall–Kier alpha value is -0.180. The third-order valence-corrected chi connectivity index (χ3v) is 8.18. The van der Waals surface area contributed by atoms with Crippen molar-refractivity contribution in [3.8, 4) is 0 Å². The molecule has 0 aromatic carbocycles. The van der Waals surface area contributed by atoms with E-state index in [0.717, 1.165) is 12.8 Å². The van der Waals surface area contributed by atoms with Crippen LogP contribution in [0.5, 0.6) is 0 Å². The lowest BCUT2D eigenvalue weighted by atomic mass is 10.2. The zero-order chi connectivity index (χ0) is 14.1. The minimum absolute atomic E-state index is 0.00142. The number of sulfone groups is 1. The van der Waals surface area contributed by atoms with Gasteiger partial charge in [-0.25, -0.2) is 16.8 Å². The second-order valence-electron chi connectivity index (χ2n) is 5.36. The second-order valence-corrected chi connectivity index (χ2v) is 9.83. The molecular weight excluding hydrogens is 288 g/mol. The van der Waals surface area contributed by atoms with Crippen LogP contribution < -0.4 is 5.32 Å². The van der Waals surface area contributed by atoms with E-state index in [9.17, 15) is 16.8 Å². The zero-order valence-corrected chi connectivity index (χ0v) is 12.8. The third-order valence-electron chi connectivity index (χ3n) is 4.01. The van der Waals surface area contributed by atoms with Gasteiger partial charge in [0.05, 0.1) is 16.8 Å². The maximum Gasteiger partial charge on any atom is 0.217 e. The Labute approximate surface area is 115 Å². The molecule has 0 spiro atoms. The summed E-state index contributed by atoms with van der Waals surface area (Å²) in [7, 11) is -4.56. The lowest BCUT2D eigenvalue weighted by molar-refractivity contribution is 0.371. The third kappa shape index (κ3) is 3.29. The molecule has 0 amide bonds. The number of nitrogens with one attached hydrogen (secondary N) is 1. The van der Waals surface area contributed by atoms with Gasteiger partial charge in [-0.2, -0.15) is 4.31 Å². The van der Waals surface area contributed by atoms with E-state index in [-0.39, 0.29) is 30.4 Å². The van der Waals surface area contributed by atoms with Gasteiger partial charge in [-0.05, 0) is 32.7 Å². The number of rotatable bonds is 4. The average molecular weight is 310 g/mol. The maximum atomic E-state index is 12.6. The van der Waals surface area contributed by atoms with Crippen LogP contribution in [0, 0.1) is 0 Å². The molecule has 6 nitrogen and oxygen atoms in total. The van der Waals surface area contributed by atoms with Crippen molar-refractivity contribution in [2.45, 2.75) is 37.0 Å². The fourth-order valence-corrected chi connectivity index (χ4v) is 6.92. The quantitative estimate of drug-likeness (QED) is 0.762. The first-order valence-corrected chi connectivity index (χ1v) is 10.0. The molecule has 0 aromatic rings. The van der Waals surface area contributed by atoms with Crippen molar-refractivity contribution >= 4 is 19.9 Å². The molecule has 1 atom stereocenters. The maximum absolute atomic E-state index is 12.6. The molecule has 2 heterocycles. The number of sulfonamides is 1. The molecule has 112 valence electrons. The van der Waals surface area contributed by atoms with Crippen LogP contribution in [-0.2, 0) is 19.9 Å². The van der Waals surface area contributed by atoms with E-state index in [1.807, 2.05) is 7.05 Å². The molecule has 0 bridgehead atoms. The predicted molar refractivity (Wildman–Crippen MR) is 74.3 cm³/mol. The van der Waals surface area contributed by atoms with Gasteiger partial charge in [0, 0.05) is 19.1 Å². The Morgan fingerprint density at radius 1 is 1.21 bits per heavy atom. The molecule has 2 fully saturated rings. The number of hydrogen-bond acceptors (Lipinski definition) is 5. The molecule has 0 saturated carbocycles. The average Bonchev–Trinajstić information content (AvgIpc) is 2.78. The molecule has 1 N–H and O–H groups in total. The number of likely N-dealkylation sites (N-methyl/N-ethyl adjacent to an activating group) is 1. The molecule has 8 heteroatoms. The van der Waals surface area contributed by atoms with Crippen molar-refractivity contribution < 1.29 is 16.8 Å². The summed E-state index contributed by atoms with van der Waals surface area (Å²) in [6, 6.07) is 0.0218. The number of nitrogens with zero attached hydrogens (tertiary/aromatic N) is 1. The highest BCUT2D eigenvalue weighted by Crippen LogP contribution is 2.28.